The van der Waals surface area contributed by atoms with E-state index in [1.807, 2.05) is 42.5 Å². The van der Waals surface area contributed by atoms with E-state index in [2.05, 4.69) is 43.0 Å². The van der Waals surface area contributed by atoms with Gasteiger partial charge in [-0.25, -0.2) is 14.5 Å². The fourth-order valence-corrected chi connectivity index (χ4v) is 5.27. The summed E-state index contributed by atoms with van der Waals surface area (Å²) in [6.45, 7) is 4.01. The van der Waals surface area contributed by atoms with E-state index in [1.54, 1.807) is 30.3 Å². The lowest BCUT2D eigenvalue weighted by Crippen LogP contribution is -2.39. The van der Waals surface area contributed by atoms with E-state index in [9.17, 15) is 9.90 Å². The van der Waals surface area contributed by atoms with Crippen LogP contribution in [-0.4, -0.2) is 41.3 Å². The molecule has 1 aliphatic heterocycles. The first-order valence-electron chi connectivity index (χ1n) is 13.2. The fraction of sp³-hybridized carbons (Fsp3) is 0.100. The molecule has 5 aromatic rings. The lowest BCUT2D eigenvalue weighted by atomic mass is 10.0. The van der Waals surface area contributed by atoms with Crippen LogP contribution in [0.2, 0.25) is 10.2 Å². The molecular weight excluding hydrogens is 589 g/mol. The SMILES string of the molecule is C=C1C=C(O)c2cc(-c3nc([C@H](Cc4ccccc4)NC(=O)NCc4cc(Cl)ccc4-n4cnnn4)[nH]c3Cl)ccc2N1. The van der Waals surface area contributed by atoms with Gasteiger partial charge >= 0.3 is 6.03 Å². The number of carbonyl (C=O) groups is 1. The van der Waals surface area contributed by atoms with Gasteiger partial charge in [-0.2, -0.15) is 0 Å². The van der Waals surface area contributed by atoms with Gasteiger partial charge in [0.15, 0.2) is 0 Å². The van der Waals surface area contributed by atoms with Crippen LogP contribution in [-0.2, 0) is 13.0 Å². The predicted molar refractivity (Wildman–Crippen MR) is 165 cm³/mol. The number of nitrogens with zero attached hydrogens (tertiary/aromatic N) is 5. The third-order valence-electron chi connectivity index (χ3n) is 6.85. The van der Waals surface area contributed by atoms with E-state index in [4.69, 9.17) is 28.2 Å². The molecule has 1 atom stereocenters. The van der Waals surface area contributed by atoms with Crippen LogP contribution < -0.4 is 16.0 Å². The Labute approximate surface area is 256 Å². The Hall–Kier alpha value is -5.13. The first-order chi connectivity index (χ1) is 20.8. The van der Waals surface area contributed by atoms with Crippen LogP contribution >= 0.6 is 23.2 Å². The summed E-state index contributed by atoms with van der Waals surface area (Å²) in [5.74, 6) is 0.566. The van der Waals surface area contributed by atoms with Gasteiger partial charge in [-0.05, 0) is 58.3 Å². The second-order valence-corrected chi connectivity index (χ2v) is 10.6. The van der Waals surface area contributed by atoms with E-state index in [-0.39, 0.29) is 12.3 Å². The Morgan fingerprint density at radius 3 is 2.72 bits per heavy atom. The first-order valence-corrected chi connectivity index (χ1v) is 14.0. The molecule has 0 saturated carbocycles. The molecule has 0 aliphatic carbocycles. The molecule has 2 amide bonds. The highest BCUT2D eigenvalue weighted by molar-refractivity contribution is 6.32. The van der Waals surface area contributed by atoms with Crippen LogP contribution in [0, 0.1) is 0 Å². The Bertz CT molecular complexity index is 1840. The van der Waals surface area contributed by atoms with Gasteiger partial charge in [0.1, 0.15) is 28.8 Å². The molecule has 2 aromatic heterocycles. The van der Waals surface area contributed by atoms with E-state index in [1.165, 1.54) is 11.0 Å². The summed E-state index contributed by atoms with van der Waals surface area (Å²) in [5.41, 5.74) is 5.50. The minimum Gasteiger partial charge on any atom is -0.507 e. The highest BCUT2D eigenvalue weighted by Gasteiger charge is 2.23. The largest absolute Gasteiger partial charge is 0.507 e. The second-order valence-electron chi connectivity index (χ2n) is 9.82. The molecule has 0 saturated heterocycles. The molecule has 11 nitrogen and oxygen atoms in total. The van der Waals surface area contributed by atoms with Crippen LogP contribution in [0.5, 0.6) is 0 Å². The number of fused-ring (bicyclic) bond motifs is 1. The Morgan fingerprint density at radius 2 is 1.93 bits per heavy atom. The molecular formula is C30H25Cl2N9O2. The zero-order valence-corrected chi connectivity index (χ0v) is 24.1. The zero-order chi connectivity index (χ0) is 29.9. The number of aromatic amines is 1. The lowest BCUT2D eigenvalue weighted by Gasteiger charge is -2.18. The summed E-state index contributed by atoms with van der Waals surface area (Å²) >= 11 is 12.9. The average molecular weight is 614 g/mol. The standard InChI is InChI=1S/C30H25Cl2N9O2/c1-17-11-26(42)22-14-19(7-9-23(22)35-17)27-28(32)38-29(37-27)24(12-18-5-3-2-4-6-18)36-30(43)33-15-20-13-21(31)8-10-25(20)41-16-34-39-40-41/h2-11,13-14,16,24,35,42H,1,12,15H2,(H,37,38)(H2,33,36,43)/t24-/m0/s1. The monoisotopic (exact) mass is 613 g/mol. The van der Waals surface area contributed by atoms with Crippen molar-refractivity contribution in [3.63, 3.8) is 0 Å². The summed E-state index contributed by atoms with van der Waals surface area (Å²) in [6, 6.07) is 19.5. The van der Waals surface area contributed by atoms with E-state index >= 15 is 0 Å². The van der Waals surface area contributed by atoms with E-state index in [0.717, 1.165) is 16.8 Å². The van der Waals surface area contributed by atoms with Crippen molar-refractivity contribution in [2.45, 2.75) is 19.0 Å². The quantitative estimate of drug-likeness (QED) is 0.145. The Kier molecular flexibility index (Phi) is 7.82. The number of urea groups is 1. The van der Waals surface area contributed by atoms with E-state index in [0.29, 0.717) is 50.6 Å². The zero-order valence-electron chi connectivity index (χ0n) is 22.6. The lowest BCUT2D eigenvalue weighted by molar-refractivity contribution is 0.236. The van der Waals surface area contributed by atoms with Crippen LogP contribution in [0.1, 0.15) is 28.6 Å². The third-order valence-corrected chi connectivity index (χ3v) is 7.36. The number of allylic oxidation sites excluding steroid dienone is 1. The Morgan fingerprint density at radius 1 is 1.09 bits per heavy atom. The minimum atomic E-state index is -0.553. The smallest absolute Gasteiger partial charge is 0.315 e. The number of aliphatic hydroxyl groups excluding tert-OH is 1. The second kappa shape index (κ2) is 12.0. The highest BCUT2D eigenvalue weighted by atomic mass is 35.5. The number of imidazole rings is 1. The maximum absolute atomic E-state index is 13.2. The van der Waals surface area contributed by atoms with E-state index < -0.39 is 12.1 Å². The molecule has 43 heavy (non-hydrogen) atoms. The number of hydrogen-bond acceptors (Lipinski definition) is 7. The van der Waals surface area contributed by atoms with Gasteiger partial charge in [0.25, 0.3) is 0 Å². The summed E-state index contributed by atoms with van der Waals surface area (Å²) in [5, 5.41) is 31.7. The Balaban J connectivity index is 1.25. The van der Waals surface area contributed by atoms with Gasteiger partial charge < -0.3 is 26.0 Å². The number of rotatable bonds is 8. The molecule has 216 valence electrons. The van der Waals surface area contributed by atoms with Gasteiger partial charge in [0.05, 0.1) is 11.7 Å². The summed E-state index contributed by atoms with van der Waals surface area (Å²) in [4.78, 5) is 21.2. The molecule has 3 aromatic carbocycles. The van der Waals surface area contributed by atoms with Gasteiger partial charge in [-0.15, -0.1) is 5.10 Å². The molecule has 6 rings (SSSR count). The van der Waals surface area contributed by atoms with Crippen molar-refractivity contribution in [3.8, 4) is 16.9 Å². The number of amides is 2. The molecule has 0 spiro atoms. The summed E-state index contributed by atoms with van der Waals surface area (Å²) < 4.78 is 1.50. The number of aromatic nitrogens is 6. The van der Waals surface area contributed by atoms with Crippen molar-refractivity contribution >= 4 is 40.7 Å². The number of benzene rings is 3. The molecule has 1 aliphatic rings. The van der Waals surface area contributed by atoms with Crippen molar-refractivity contribution in [1.82, 2.24) is 40.8 Å². The van der Waals surface area contributed by atoms with Gasteiger partial charge in [0.2, 0.25) is 0 Å². The van der Waals surface area contributed by atoms with Crippen molar-refractivity contribution < 1.29 is 9.90 Å². The normalized spacial score (nSPS) is 13.1. The molecule has 0 unspecified atom stereocenters. The highest BCUT2D eigenvalue weighted by Crippen LogP contribution is 2.35. The average Bonchev–Trinajstić information content (AvgIpc) is 3.66. The molecule has 5 N–H and O–H groups in total. The predicted octanol–water partition coefficient (Wildman–Crippen LogP) is 5.98. The summed E-state index contributed by atoms with van der Waals surface area (Å²) in [6.07, 6.45) is 3.47. The first kappa shape index (κ1) is 28.0. The maximum Gasteiger partial charge on any atom is 0.315 e. The van der Waals surface area contributed by atoms with Crippen molar-refractivity contribution in [2.24, 2.45) is 0 Å². The summed E-state index contributed by atoms with van der Waals surface area (Å²) in [7, 11) is 0. The number of hydrogen-bond donors (Lipinski definition) is 5. The van der Waals surface area contributed by atoms with Crippen LogP contribution in [0.25, 0.3) is 22.7 Å². The number of carbonyl (C=O) groups excluding carboxylic acids is 1. The molecule has 0 bridgehead atoms. The van der Waals surface area contributed by atoms with Crippen LogP contribution in [0.15, 0.2) is 91.4 Å². The number of tetrazole rings is 1. The van der Waals surface area contributed by atoms with Crippen LogP contribution in [0.4, 0.5) is 10.5 Å². The number of nitrogens with one attached hydrogen (secondary N) is 4. The van der Waals surface area contributed by atoms with Crippen molar-refractivity contribution in [2.75, 3.05) is 5.32 Å². The molecule has 0 fully saturated rings. The molecule has 3 heterocycles. The van der Waals surface area contributed by atoms with Crippen molar-refractivity contribution in [3.05, 3.63) is 124 Å². The van der Waals surface area contributed by atoms with Crippen LogP contribution in [0.3, 0.4) is 0 Å². The van der Waals surface area contributed by atoms with Crippen molar-refractivity contribution in [1.29, 1.82) is 0 Å². The number of aliphatic hydroxyl groups is 1. The third kappa shape index (κ3) is 6.22. The fourth-order valence-electron chi connectivity index (χ4n) is 4.83. The topological polar surface area (TPSA) is 146 Å². The number of halogens is 2. The number of anilines is 1. The van der Waals surface area contributed by atoms with Gasteiger partial charge in [-0.3, -0.25) is 0 Å². The number of H-pyrrole nitrogens is 1. The minimum absolute atomic E-state index is 0.0933. The molecule has 0 radical (unpaired) electrons. The van der Waals surface area contributed by atoms with Gasteiger partial charge in [0, 0.05) is 40.2 Å². The van der Waals surface area contributed by atoms with Gasteiger partial charge in [-0.1, -0.05) is 66.2 Å². The molecule has 13 heteroatoms. The maximum atomic E-state index is 13.2.